The molecule has 1 saturated heterocycles. The SMILES string of the molecule is OC1CCCC1Nc1ncnc2c1ncn2C1O[C@H](CCl)[C@@H](O)[C@H]1O. The highest BCUT2D eigenvalue weighted by Gasteiger charge is 2.44. The Hall–Kier alpha value is -1.52. The molecular weight excluding hydrogens is 350 g/mol. The Morgan fingerprint density at radius 1 is 1.20 bits per heavy atom. The molecule has 1 aliphatic heterocycles. The molecule has 3 heterocycles. The molecule has 3 unspecified atom stereocenters. The average Bonchev–Trinajstić information content (AvgIpc) is 3.29. The van der Waals surface area contributed by atoms with Crippen molar-refractivity contribution in [2.45, 2.75) is 55.9 Å². The van der Waals surface area contributed by atoms with Gasteiger partial charge in [0, 0.05) is 0 Å². The largest absolute Gasteiger partial charge is 0.391 e. The second-order valence-electron chi connectivity index (χ2n) is 6.50. The Balaban J connectivity index is 1.65. The van der Waals surface area contributed by atoms with E-state index < -0.39 is 30.6 Å². The van der Waals surface area contributed by atoms with Gasteiger partial charge >= 0.3 is 0 Å². The number of aliphatic hydroxyl groups excluding tert-OH is 3. The van der Waals surface area contributed by atoms with Gasteiger partial charge in [-0.05, 0) is 19.3 Å². The molecule has 4 N–H and O–H groups in total. The first-order chi connectivity index (χ1) is 12.1. The first-order valence-corrected chi connectivity index (χ1v) is 8.83. The summed E-state index contributed by atoms with van der Waals surface area (Å²) in [5.74, 6) is 0.597. The average molecular weight is 370 g/mol. The van der Waals surface area contributed by atoms with Crippen LogP contribution in [0.1, 0.15) is 25.5 Å². The molecule has 2 aromatic rings. The van der Waals surface area contributed by atoms with Crippen LogP contribution >= 0.6 is 11.6 Å². The van der Waals surface area contributed by atoms with Crippen molar-refractivity contribution in [1.82, 2.24) is 19.5 Å². The van der Waals surface area contributed by atoms with E-state index >= 15 is 0 Å². The smallest absolute Gasteiger partial charge is 0.167 e. The number of fused-ring (bicyclic) bond motifs is 1. The van der Waals surface area contributed by atoms with E-state index in [4.69, 9.17) is 16.3 Å². The lowest BCUT2D eigenvalue weighted by Gasteiger charge is -2.18. The maximum Gasteiger partial charge on any atom is 0.167 e. The molecule has 0 aromatic carbocycles. The van der Waals surface area contributed by atoms with Crippen LogP contribution in [0.2, 0.25) is 0 Å². The number of rotatable bonds is 4. The summed E-state index contributed by atoms with van der Waals surface area (Å²) >= 11 is 5.77. The fourth-order valence-corrected chi connectivity index (χ4v) is 3.77. The van der Waals surface area contributed by atoms with Gasteiger partial charge in [-0.15, -0.1) is 11.6 Å². The fraction of sp³-hybridized carbons (Fsp3) is 0.667. The zero-order valence-corrected chi connectivity index (χ0v) is 14.1. The van der Waals surface area contributed by atoms with Crippen molar-refractivity contribution in [2.75, 3.05) is 11.2 Å². The van der Waals surface area contributed by atoms with Crippen LogP contribution in [-0.2, 0) is 4.74 Å². The summed E-state index contributed by atoms with van der Waals surface area (Å²) in [5.41, 5.74) is 0.984. The van der Waals surface area contributed by atoms with Gasteiger partial charge in [0.15, 0.2) is 23.2 Å². The Kier molecular flexibility index (Phi) is 4.50. The first-order valence-electron chi connectivity index (χ1n) is 8.30. The molecule has 25 heavy (non-hydrogen) atoms. The number of alkyl halides is 1. The van der Waals surface area contributed by atoms with Crippen LogP contribution in [0.5, 0.6) is 0 Å². The topological polar surface area (TPSA) is 126 Å². The molecule has 6 atom stereocenters. The molecule has 1 aliphatic carbocycles. The zero-order chi connectivity index (χ0) is 17.6. The van der Waals surface area contributed by atoms with Crippen molar-refractivity contribution in [1.29, 1.82) is 0 Å². The fourth-order valence-electron chi connectivity index (χ4n) is 3.51. The number of hydrogen-bond acceptors (Lipinski definition) is 8. The van der Waals surface area contributed by atoms with E-state index in [9.17, 15) is 15.3 Å². The van der Waals surface area contributed by atoms with E-state index in [1.54, 1.807) is 4.57 Å². The molecule has 9 nitrogen and oxygen atoms in total. The number of nitrogens with one attached hydrogen (secondary N) is 1. The summed E-state index contributed by atoms with van der Waals surface area (Å²) in [7, 11) is 0. The van der Waals surface area contributed by atoms with Crippen molar-refractivity contribution in [2.24, 2.45) is 0 Å². The molecule has 136 valence electrons. The van der Waals surface area contributed by atoms with E-state index in [1.165, 1.54) is 12.7 Å². The van der Waals surface area contributed by atoms with Crippen LogP contribution in [0, 0.1) is 0 Å². The maximum atomic E-state index is 10.2. The summed E-state index contributed by atoms with van der Waals surface area (Å²) in [6, 6.07) is -0.0704. The Bertz CT molecular complexity index is 759. The van der Waals surface area contributed by atoms with Gasteiger partial charge in [-0.1, -0.05) is 0 Å². The van der Waals surface area contributed by atoms with Gasteiger partial charge in [0.1, 0.15) is 24.6 Å². The van der Waals surface area contributed by atoms with Gasteiger partial charge in [-0.2, -0.15) is 0 Å². The highest BCUT2D eigenvalue weighted by Crippen LogP contribution is 2.33. The van der Waals surface area contributed by atoms with E-state index in [1.807, 2.05) is 0 Å². The van der Waals surface area contributed by atoms with Crippen LogP contribution < -0.4 is 5.32 Å². The van der Waals surface area contributed by atoms with Crippen molar-refractivity contribution >= 4 is 28.6 Å². The van der Waals surface area contributed by atoms with Crippen LogP contribution in [0.25, 0.3) is 11.2 Å². The molecule has 2 aromatic heterocycles. The second-order valence-corrected chi connectivity index (χ2v) is 6.80. The van der Waals surface area contributed by atoms with Gasteiger partial charge in [-0.3, -0.25) is 4.57 Å². The number of ether oxygens (including phenoxy) is 1. The van der Waals surface area contributed by atoms with Gasteiger partial charge in [0.05, 0.1) is 24.4 Å². The molecule has 0 radical (unpaired) electrons. The zero-order valence-electron chi connectivity index (χ0n) is 13.4. The minimum atomic E-state index is -1.14. The van der Waals surface area contributed by atoms with Crippen molar-refractivity contribution in [3.8, 4) is 0 Å². The van der Waals surface area contributed by atoms with Crippen LogP contribution in [-0.4, -0.2) is 71.2 Å². The summed E-state index contributed by atoms with van der Waals surface area (Å²) in [6.07, 6.45) is 1.36. The standard InChI is InChI=1S/C15H20ClN5O4/c16-4-9-11(23)12(24)15(25-9)21-6-19-10-13(17-5-18-14(10)21)20-7-2-1-3-8(7)22/h5-9,11-12,15,22-24H,1-4H2,(H,17,18,20)/t7?,8?,9-,11-,12-,15?/m1/s1. The molecule has 0 spiro atoms. The van der Waals surface area contributed by atoms with E-state index in [0.29, 0.717) is 17.0 Å². The highest BCUT2D eigenvalue weighted by atomic mass is 35.5. The minimum absolute atomic E-state index is 0.0704. The number of imidazole rings is 1. The predicted molar refractivity (Wildman–Crippen MR) is 89.2 cm³/mol. The Morgan fingerprint density at radius 3 is 2.72 bits per heavy atom. The number of hydrogen-bond donors (Lipinski definition) is 4. The van der Waals surface area contributed by atoms with Crippen LogP contribution in [0.15, 0.2) is 12.7 Å². The lowest BCUT2D eigenvalue weighted by Crippen LogP contribution is -2.32. The van der Waals surface area contributed by atoms with Crippen molar-refractivity contribution in [3.05, 3.63) is 12.7 Å². The molecule has 4 rings (SSSR count). The quantitative estimate of drug-likeness (QED) is 0.555. The lowest BCUT2D eigenvalue weighted by atomic mass is 10.1. The van der Waals surface area contributed by atoms with Crippen molar-refractivity contribution in [3.63, 3.8) is 0 Å². The number of aromatic nitrogens is 4. The van der Waals surface area contributed by atoms with Gasteiger partial charge < -0.3 is 25.4 Å². The molecule has 10 heteroatoms. The molecule has 2 aliphatic rings. The summed E-state index contributed by atoms with van der Waals surface area (Å²) < 4.78 is 7.21. The van der Waals surface area contributed by atoms with Crippen molar-refractivity contribution < 1.29 is 20.1 Å². The number of aliphatic hydroxyl groups is 3. The first kappa shape index (κ1) is 16.9. The summed E-state index contributed by atoms with van der Waals surface area (Å²) in [6.45, 7) is 0. The third-order valence-electron chi connectivity index (χ3n) is 4.92. The minimum Gasteiger partial charge on any atom is -0.391 e. The molecule has 0 amide bonds. The van der Waals surface area contributed by atoms with E-state index in [-0.39, 0.29) is 11.9 Å². The summed E-state index contributed by atoms with van der Waals surface area (Å²) in [5, 5.41) is 33.5. The maximum absolute atomic E-state index is 10.2. The number of halogens is 1. The van der Waals surface area contributed by atoms with Gasteiger partial charge in [-0.25, -0.2) is 15.0 Å². The predicted octanol–water partition coefficient (Wildman–Crippen LogP) is 0.00960. The van der Waals surface area contributed by atoms with Gasteiger partial charge in [0.2, 0.25) is 0 Å². The normalized spacial score (nSPS) is 35.5. The molecule has 2 fully saturated rings. The van der Waals surface area contributed by atoms with Crippen LogP contribution in [0.4, 0.5) is 5.82 Å². The monoisotopic (exact) mass is 369 g/mol. The van der Waals surface area contributed by atoms with E-state index in [0.717, 1.165) is 19.3 Å². The van der Waals surface area contributed by atoms with Crippen LogP contribution in [0.3, 0.4) is 0 Å². The Morgan fingerprint density at radius 2 is 2.04 bits per heavy atom. The Labute approximate surface area is 148 Å². The highest BCUT2D eigenvalue weighted by molar-refractivity contribution is 6.18. The third kappa shape index (κ3) is 2.85. The number of nitrogens with zero attached hydrogens (tertiary/aromatic N) is 4. The van der Waals surface area contributed by atoms with E-state index in [2.05, 4.69) is 20.3 Å². The molecular formula is C15H20ClN5O4. The molecule has 1 saturated carbocycles. The number of anilines is 1. The molecule has 0 bridgehead atoms. The second kappa shape index (κ2) is 6.65. The summed E-state index contributed by atoms with van der Waals surface area (Å²) in [4.78, 5) is 12.8. The third-order valence-corrected chi connectivity index (χ3v) is 5.23. The van der Waals surface area contributed by atoms with Gasteiger partial charge in [0.25, 0.3) is 0 Å². The lowest BCUT2D eigenvalue weighted by molar-refractivity contribution is -0.0291.